The zero-order chi connectivity index (χ0) is 9.64. The van der Waals surface area contributed by atoms with E-state index < -0.39 is 9.84 Å². The minimum Gasteiger partial charge on any atom is -0.228 e. The van der Waals surface area contributed by atoms with Gasteiger partial charge in [-0.2, -0.15) is 0 Å². The maximum absolute atomic E-state index is 11.9. The highest BCUT2D eigenvalue weighted by molar-refractivity contribution is 7.92. The predicted octanol–water partition coefficient (Wildman–Crippen LogP) is 2.00. The molecule has 0 N–H and O–H groups in total. The molecule has 2 aliphatic rings. The normalized spacial score (nSPS) is 38.8. The number of hydrogen-bond acceptors (Lipinski definition) is 2. The van der Waals surface area contributed by atoms with Crippen LogP contribution in [0.15, 0.2) is 0 Å². The summed E-state index contributed by atoms with van der Waals surface area (Å²) in [6.45, 7) is 3.61. The van der Waals surface area contributed by atoms with Gasteiger partial charge in [-0.05, 0) is 44.9 Å². The molecule has 0 unspecified atom stereocenters. The minimum atomic E-state index is -2.81. The van der Waals surface area contributed by atoms with Crippen molar-refractivity contribution in [1.29, 1.82) is 0 Å². The summed E-state index contributed by atoms with van der Waals surface area (Å²) in [6, 6.07) is 0. The number of fused-ring (bicyclic) bond motifs is 2. The van der Waals surface area contributed by atoms with E-state index >= 15 is 0 Å². The Morgan fingerprint density at radius 1 is 1.15 bits per heavy atom. The molecule has 0 heterocycles. The van der Waals surface area contributed by atoms with E-state index in [9.17, 15) is 8.42 Å². The lowest BCUT2D eigenvalue weighted by Crippen LogP contribution is -2.32. The Labute approximate surface area is 80.6 Å². The average molecular weight is 202 g/mol. The van der Waals surface area contributed by atoms with Crippen LogP contribution in [-0.4, -0.2) is 18.9 Å². The maximum atomic E-state index is 11.9. The third kappa shape index (κ3) is 1.41. The zero-order valence-electron chi connectivity index (χ0n) is 8.36. The van der Waals surface area contributed by atoms with Crippen LogP contribution in [0, 0.1) is 11.8 Å². The average Bonchev–Trinajstić information content (AvgIpc) is 2.63. The highest BCUT2D eigenvalue weighted by Crippen LogP contribution is 2.48. The molecule has 3 atom stereocenters. The Bertz CT molecular complexity index is 292. The van der Waals surface area contributed by atoms with Gasteiger partial charge in [0.05, 0.1) is 10.5 Å². The van der Waals surface area contributed by atoms with E-state index in [1.54, 1.807) is 13.8 Å². The highest BCUT2D eigenvalue weighted by atomic mass is 32.2. The standard InChI is InChI=1S/C10H18O2S/c1-7(2)13(11,12)10-6-8-3-4-9(10)5-8/h7-10H,3-6H2,1-2H3/t8-,9-,10+/m1/s1. The second kappa shape index (κ2) is 2.97. The van der Waals surface area contributed by atoms with Crippen LogP contribution in [0.4, 0.5) is 0 Å². The quantitative estimate of drug-likeness (QED) is 0.686. The molecule has 2 bridgehead atoms. The van der Waals surface area contributed by atoms with Crippen molar-refractivity contribution in [3.63, 3.8) is 0 Å². The third-order valence-electron chi connectivity index (χ3n) is 3.75. The molecule has 13 heavy (non-hydrogen) atoms. The summed E-state index contributed by atoms with van der Waals surface area (Å²) in [5.41, 5.74) is 0. The van der Waals surface area contributed by atoms with E-state index in [2.05, 4.69) is 0 Å². The fraction of sp³-hybridized carbons (Fsp3) is 1.00. The monoisotopic (exact) mass is 202 g/mol. The molecule has 0 spiro atoms. The van der Waals surface area contributed by atoms with E-state index in [-0.39, 0.29) is 10.5 Å². The first-order valence-electron chi connectivity index (χ1n) is 5.24. The smallest absolute Gasteiger partial charge is 0.155 e. The maximum Gasteiger partial charge on any atom is 0.155 e. The highest BCUT2D eigenvalue weighted by Gasteiger charge is 2.46. The molecule has 2 saturated carbocycles. The summed E-state index contributed by atoms with van der Waals surface area (Å²) < 4.78 is 23.8. The van der Waals surface area contributed by atoms with Crippen molar-refractivity contribution in [3.8, 4) is 0 Å². The van der Waals surface area contributed by atoms with Gasteiger partial charge in [0.2, 0.25) is 0 Å². The third-order valence-corrected chi connectivity index (χ3v) is 6.49. The van der Waals surface area contributed by atoms with Gasteiger partial charge in [0, 0.05) is 0 Å². The summed E-state index contributed by atoms with van der Waals surface area (Å²) in [4.78, 5) is 0. The number of rotatable bonds is 2. The molecule has 76 valence electrons. The largest absolute Gasteiger partial charge is 0.228 e. The van der Waals surface area contributed by atoms with Gasteiger partial charge < -0.3 is 0 Å². The van der Waals surface area contributed by atoms with E-state index in [0.717, 1.165) is 18.8 Å². The second-order valence-electron chi connectivity index (χ2n) is 4.85. The first-order valence-corrected chi connectivity index (χ1v) is 6.85. The molecular formula is C10H18O2S. The van der Waals surface area contributed by atoms with Gasteiger partial charge in [0.1, 0.15) is 0 Å². The van der Waals surface area contributed by atoms with Gasteiger partial charge in [-0.3, -0.25) is 0 Å². The SMILES string of the molecule is CC(C)S(=O)(=O)[C@H]1C[C@@H]2CC[C@@H]1C2. The van der Waals surface area contributed by atoms with Crippen molar-refractivity contribution < 1.29 is 8.42 Å². The fourth-order valence-electron chi connectivity index (χ4n) is 2.94. The predicted molar refractivity (Wildman–Crippen MR) is 53.3 cm³/mol. The summed E-state index contributed by atoms with van der Waals surface area (Å²) >= 11 is 0. The van der Waals surface area contributed by atoms with Crippen molar-refractivity contribution >= 4 is 9.84 Å². The van der Waals surface area contributed by atoms with Gasteiger partial charge in [-0.1, -0.05) is 6.42 Å². The fourth-order valence-corrected chi connectivity index (χ4v) is 4.96. The number of hydrogen-bond donors (Lipinski definition) is 0. The Kier molecular flexibility index (Phi) is 2.17. The van der Waals surface area contributed by atoms with Gasteiger partial charge in [0.15, 0.2) is 9.84 Å². The van der Waals surface area contributed by atoms with E-state index in [0.29, 0.717) is 5.92 Å². The van der Waals surface area contributed by atoms with Gasteiger partial charge in [-0.25, -0.2) is 8.42 Å². The summed E-state index contributed by atoms with van der Waals surface area (Å²) in [6.07, 6.45) is 4.55. The first kappa shape index (κ1) is 9.50. The summed E-state index contributed by atoms with van der Waals surface area (Å²) in [5, 5.41) is -0.178. The molecule has 0 saturated heterocycles. The molecule has 3 heteroatoms. The summed E-state index contributed by atoms with van der Waals surface area (Å²) in [7, 11) is -2.81. The Hall–Kier alpha value is -0.0500. The minimum absolute atomic E-state index is 0.00579. The Balaban J connectivity index is 2.19. The molecule has 0 amide bonds. The lowest BCUT2D eigenvalue weighted by atomic mass is 10.0. The van der Waals surface area contributed by atoms with Gasteiger partial charge in [-0.15, -0.1) is 0 Å². The second-order valence-corrected chi connectivity index (χ2v) is 7.58. The molecule has 2 nitrogen and oxygen atoms in total. The van der Waals surface area contributed by atoms with Crippen LogP contribution in [0.2, 0.25) is 0 Å². The van der Waals surface area contributed by atoms with Crippen molar-refractivity contribution in [2.45, 2.75) is 50.0 Å². The first-order chi connectivity index (χ1) is 6.01. The van der Waals surface area contributed by atoms with Crippen LogP contribution in [-0.2, 0) is 9.84 Å². The number of sulfone groups is 1. The van der Waals surface area contributed by atoms with Crippen molar-refractivity contribution in [3.05, 3.63) is 0 Å². The Morgan fingerprint density at radius 2 is 1.85 bits per heavy atom. The Morgan fingerprint density at radius 3 is 2.23 bits per heavy atom. The van der Waals surface area contributed by atoms with Crippen LogP contribution in [0.3, 0.4) is 0 Å². The molecule has 2 aliphatic carbocycles. The van der Waals surface area contributed by atoms with Crippen molar-refractivity contribution in [2.24, 2.45) is 11.8 Å². The van der Waals surface area contributed by atoms with E-state index in [1.807, 2.05) is 0 Å². The van der Waals surface area contributed by atoms with Crippen LogP contribution < -0.4 is 0 Å². The topological polar surface area (TPSA) is 34.1 Å². The van der Waals surface area contributed by atoms with Crippen LogP contribution >= 0.6 is 0 Å². The molecule has 2 fully saturated rings. The van der Waals surface area contributed by atoms with Crippen LogP contribution in [0.1, 0.15) is 39.5 Å². The molecular weight excluding hydrogens is 184 g/mol. The molecule has 0 aromatic heterocycles. The summed E-state index contributed by atoms with van der Waals surface area (Å²) in [5.74, 6) is 1.22. The van der Waals surface area contributed by atoms with E-state index in [4.69, 9.17) is 0 Å². The van der Waals surface area contributed by atoms with Gasteiger partial charge >= 0.3 is 0 Å². The molecule has 0 aromatic carbocycles. The van der Waals surface area contributed by atoms with Crippen molar-refractivity contribution in [2.75, 3.05) is 0 Å². The van der Waals surface area contributed by atoms with Gasteiger partial charge in [0.25, 0.3) is 0 Å². The molecule has 0 radical (unpaired) electrons. The van der Waals surface area contributed by atoms with E-state index in [1.165, 1.54) is 12.8 Å². The molecule has 0 aromatic rings. The van der Waals surface area contributed by atoms with Crippen LogP contribution in [0.5, 0.6) is 0 Å². The van der Waals surface area contributed by atoms with Crippen LogP contribution in [0.25, 0.3) is 0 Å². The molecule has 0 aliphatic heterocycles. The van der Waals surface area contributed by atoms with Crippen molar-refractivity contribution in [1.82, 2.24) is 0 Å². The lowest BCUT2D eigenvalue weighted by molar-refractivity contribution is 0.461. The lowest BCUT2D eigenvalue weighted by Gasteiger charge is -2.23. The molecule has 2 rings (SSSR count). The zero-order valence-corrected chi connectivity index (χ0v) is 9.18.